The van der Waals surface area contributed by atoms with Gasteiger partial charge in [0.15, 0.2) is 0 Å². The molecule has 2 heteroatoms. The summed E-state index contributed by atoms with van der Waals surface area (Å²) in [5.74, 6) is 0. The summed E-state index contributed by atoms with van der Waals surface area (Å²) in [4.78, 5) is 0. The Hall–Kier alpha value is -1.80. The van der Waals surface area contributed by atoms with Crippen LogP contribution in [-0.2, 0) is 0 Å². The lowest BCUT2D eigenvalue weighted by Gasteiger charge is -1.80. The van der Waals surface area contributed by atoms with Crippen molar-refractivity contribution in [3.8, 4) is 12.1 Å². The highest BCUT2D eigenvalue weighted by Gasteiger charge is 1.79. The van der Waals surface area contributed by atoms with Crippen LogP contribution < -0.4 is 0 Å². The molecule has 2 nitrogen and oxygen atoms in total. The Labute approximate surface area is 93.8 Å². The van der Waals surface area contributed by atoms with E-state index in [0.717, 1.165) is 0 Å². The van der Waals surface area contributed by atoms with E-state index in [2.05, 4.69) is 0 Å². The lowest BCUT2D eigenvalue weighted by Crippen LogP contribution is -1.66. The highest BCUT2D eigenvalue weighted by atomic mass is 14.2. The second-order valence-electron chi connectivity index (χ2n) is 1.70. The minimum absolute atomic E-state index is 0.715. The Bertz CT molecular complexity index is 265. The molecule has 0 N–H and O–H groups in total. The second-order valence-corrected chi connectivity index (χ2v) is 1.70. The lowest BCUT2D eigenvalue weighted by atomic mass is 10.2. The van der Waals surface area contributed by atoms with Gasteiger partial charge in [-0.3, -0.25) is 0 Å². The number of hydrogen-bond acceptors (Lipinski definition) is 2. The molecule has 0 unspecified atom stereocenters. The number of nitrogens with zero attached hydrogens (tertiary/aromatic N) is 2. The second kappa shape index (κ2) is 22.8. The number of rotatable bonds is 0. The van der Waals surface area contributed by atoms with Gasteiger partial charge in [0, 0.05) is 6.92 Å². The fraction of sp³-hybridized carbons (Fsp3) is 0.385. The smallest absolute Gasteiger partial charge is 0.0991 e. The quantitative estimate of drug-likeness (QED) is 0.637. The molecular weight excluding hydrogens is 184 g/mol. The third-order valence-electron chi connectivity index (χ3n) is 0.903. The first kappa shape index (κ1) is 18.9. The lowest BCUT2D eigenvalue weighted by molar-refractivity contribution is 1.49. The molecule has 0 heterocycles. The van der Waals surface area contributed by atoms with Crippen molar-refractivity contribution in [2.75, 3.05) is 0 Å². The molecule has 1 aromatic carbocycles. The molecule has 0 saturated carbocycles. The summed E-state index contributed by atoms with van der Waals surface area (Å²) in [6.45, 7) is 9.43. The Morgan fingerprint density at radius 1 is 0.867 bits per heavy atom. The van der Waals surface area contributed by atoms with E-state index < -0.39 is 0 Å². The number of nitriles is 2. The van der Waals surface area contributed by atoms with Crippen LogP contribution in [0.5, 0.6) is 0 Å². The highest BCUT2D eigenvalue weighted by molar-refractivity contribution is 5.27. The maximum absolute atomic E-state index is 8.29. The van der Waals surface area contributed by atoms with Gasteiger partial charge in [0.1, 0.15) is 0 Å². The van der Waals surface area contributed by atoms with Gasteiger partial charge in [-0.05, 0) is 12.1 Å². The van der Waals surface area contributed by atoms with Crippen LogP contribution in [0.1, 0.15) is 40.2 Å². The van der Waals surface area contributed by atoms with Gasteiger partial charge in [0.2, 0.25) is 0 Å². The molecule has 0 saturated heterocycles. The van der Waals surface area contributed by atoms with Gasteiger partial charge in [-0.1, -0.05) is 45.9 Å². The molecule has 0 radical (unpaired) electrons. The molecule has 0 aliphatic carbocycles. The van der Waals surface area contributed by atoms with E-state index in [1.54, 1.807) is 18.2 Å². The van der Waals surface area contributed by atoms with Crippen molar-refractivity contribution in [2.24, 2.45) is 0 Å². The highest BCUT2D eigenvalue weighted by Crippen LogP contribution is 1.92. The van der Waals surface area contributed by atoms with Crippen LogP contribution in [0, 0.1) is 22.7 Å². The minimum atomic E-state index is 0.715. The Balaban J connectivity index is -0.000000176. The van der Waals surface area contributed by atoms with E-state index in [4.69, 9.17) is 10.5 Å². The largest absolute Gasteiger partial charge is 0.199 e. The maximum atomic E-state index is 8.29. The van der Waals surface area contributed by atoms with E-state index in [-0.39, 0.29) is 0 Å². The first-order valence-corrected chi connectivity index (χ1v) is 5.11. The monoisotopic (exact) mass is 204 g/mol. The summed E-state index contributed by atoms with van der Waals surface area (Å²) in [5, 5.41) is 15.6. The normalized spacial score (nSPS) is 5.53. The van der Waals surface area contributed by atoms with Crippen LogP contribution >= 0.6 is 0 Å². The average Bonchev–Trinajstić information content (AvgIpc) is 2.36. The first-order chi connectivity index (χ1) is 7.35. The van der Waals surface area contributed by atoms with Crippen molar-refractivity contribution in [3.63, 3.8) is 0 Å². The van der Waals surface area contributed by atoms with Crippen LogP contribution in [0.25, 0.3) is 0 Å². The van der Waals surface area contributed by atoms with Crippen LogP contribution in [0.2, 0.25) is 0 Å². The number of benzene rings is 1. The van der Waals surface area contributed by atoms with Crippen molar-refractivity contribution in [1.29, 1.82) is 10.5 Å². The van der Waals surface area contributed by atoms with Crippen molar-refractivity contribution in [3.05, 3.63) is 35.9 Å². The van der Waals surface area contributed by atoms with Gasteiger partial charge >= 0.3 is 0 Å². The predicted octanol–water partition coefficient (Wildman–Crippen LogP) is 4.14. The van der Waals surface area contributed by atoms with Crippen LogP contribution in [0.3, 0.4) is 0 Å². The van der Waals surface area contributed by atoms with E-state index >= 15 is 0 Å². The molecule has 0 aliphatic heterocycles. The zero-order valence-corrected chi connectivity index (χ0v) is 10.3. The summed E-state index contributed by atoms with van der Waals surface area (Å²) in [6, 6.07) is 12.9. The van der Waals surface area contributed by atoms with Crippen molar-refractivity contribution in [2.45, 2.75) is 34.6 Å². The van der Waals surface area contributed by atoms with Crippen LogP contribution in [-0.4, -0.2) is 0 Å². The van der Waals surface area contributed by atoms with Crippen LogP contribution in [0.15, 0.2) is 30.3 Å². The molecule has 0 spiro atoms. The van der Waals surface area contributed by atoms with Crippen LogP contribution in [0.4, 0.5) is 0 Å². The van der Waals surface area contributed by atoms with Gasteiger partial charge < -0.3 is 0 Å². The topological polar surface area (TPSA) is 47.6 Å². The predicted molar refractivity (Wildman–Crippen MR) is 65.1 cm³/mol. The summed E-state index contributed by atoms with van der Waals surface area (Å²) >= 11 is 0. The summed E-state index contributed by atoms with van der Waals surface area (Å²) in [7, 11) is 0. The van der Waals surface area contributed by atoms with Crippen molar-refractivity contribution >= 4 is 0 Å². The molecule has 0 atom stereocenters. The van der Waals surface area contributed by atoms with E-state index in [1.807, 2.05) is 52.0 Å². The van der Waals surface area contributed by atoms with E-state index in [1.165, 1.54) is 6.92 Å². The zero-order chi connectivity index (χ0) is 12.5. The molecule has 0 aromatic heterocycles. The van der Waals surface area contributed by atoms with Gasteiger partial charge in [0.05, 0.1) is 17.7 Å². The fourth-order valence-electron chi connectivity index (χ4n) is 0.513. The molecule has 1 rings (SSSR count). The molecule has 0 bridgehead atoms. The molecular formula is C13H20N2. The SMILES string of the molecule is CC.CC.CC#N.N#Cc1ccccc1. The zero-order valence-electron chi connectivity index (χ0n) is 10.3. The maximum Gasteiger partial charge on any atom is 0.0991 e. The van der Waals surface area contributed by atoms with Gasteiger partial charge in [-0.15, -0.1) is 0 Å². The molecule has 82 valence electrons. The number of hydrogen-bond donors (Lipinski definition) is 0. The van der Waals surface area contributed by atoms with Crippen molar-refractivity contribution < 1.29 is 0 Å². The molecule has 0 amide bonds. The molecule has 0 aliphatic rings. The fourth-order valence-corrected chi connectivity index (χ4v) is 0.513. The Morgan fingerprint density at radius 3 is 1.40 bits per heavy atom. The third-order valence-corrected chi connectivity index (χ3v) is 0.903. The summed E-state index contributed by atoms with van der Waals surface area (Å²) in [5.41, 5.74) is 0.715. The Kier molecular flexibility index (Phi) is 28.7. The van der Waals surface area contributed by atoms with E-state index in [9.17, 15) is 0 Å². The van der Waals surface area contributed by atoms with Gasteiger partial charge in [-0.2, -0.15) is 10.5 Å². The van der Waals surface area contributed by atoms with Gasteiger partial charge in [0.25, 0.3) is 0 Å². The molecule has 1 aromatic rings. The van der Waals surface area contributed by atoms with Crippen molar-refractivity contribution in [1.82, 2.24) is 0 Å². The molecule has 0 fully saturated rings. The average molecular weight is 204 g/mol. The summed E-state index contributed by atoms with van der Waals surface area (Å²) < 4.78 is 0. The van der Waals surface area contributed by atoms with Gasteiger partial charge in [-0.25, -0.2) is 0 Å². The third kappa shape index (κ3) is 18.9. The standard InChI is InChI=1S/C7H5N.C2H3N.2C2H6/c8-6-7-4-2-1-3-5-7;1-2-3;2*1-2/h1-5H;1H3;2*1-2H3. The molecule has 15 heavy (non-hydrogen) atoms. The minimum Gasteiger partial charge on any atom is -0.199 e. The first-order valence-electron chi connectivity index (χ1n) is 5.11. The van der Waals surface area contributed by atoms with E-state index in [0.29, 0.717) is 5.56 Å². The Morgan fingerprint density at radius 2 is 1.20 bits per heavy atom. The summed E-state index contributed by atoms with van der Waals surface area (Å²) in [6.07, 6.45) is 0.